The Hall–Kier alpha value is -1.52. The smallest absolute Gasteiger partial charge is 0.147 e. The molecule has 0 saturated heterocycles. The quantitative estimate of drug-likeness (QED) is 0.934. The van der Waals surface area contributed by atoms with Crippen LogP contribution in [0, 0.1) is 0 Å². The number of nitrogens with zero attached hydrogens (tertiary/aromatic N) is 2. The van der Waals surface area contributed by atoms with Crippen LogP contribution in [-0.4, -0.2) is 31.7 Å². The number of quaternary nitrogens is 1. The zero-order valence-electron chi connectivity index (χ0n) is 12.1. The van der Waals surface area contributed by atoms with Gasteiger partial charge in [0.2, 0.25) is 0 Å². The SMILES string of the molecule is C[C@@H](CN1c2ccccc2Sc2cccnc21)[NH+](C)C. The highest BCUT2D eigenvalue weighted by Crippen LogP contribution is 2.46. The summed E-state index contributed by atoms with van der Waals surface area (Å²) in [5.74, 6) is 1.09. The lowest BCUT2D eigenvalue weighted by molar-refractivity contribution is -0.881. The molecule has 0 unspecified atom stereocenters. The van der Waals surface area contributed by atoms with Crippen LogP contribution in [0.2, 0.25) is 0 Å². The predicted molar refractivity (Wildman–Crippen MR) is 84.1 cm³/mol. The standard InChI is InChI=1S/C16H19N3S/c1-12(18(2)3)11-19-13-7-4-5-8-14(13)20-15-9-6-10-17-16(15)19/h4-10,12H,11H2,1-3H3/p+1/t12-/m0/s1. The van der Waals surface area contributed by atoms with E-state index in [0.717, 1.165) is 12.4 Å². The fraction of sp³-hybridized carbons (Fsp3) is 0.312. The molecule has 3 nitrogen and oxygen atoms in total. The van der Waals surface area contributed by atoms with E-state index in [0.29, 0.717) is 6.04 Å². The number of hydrogen-bond acceptors (Lipinski definition) is 3. The number of nitrogens with one attached hydrogen (secondary N) is 1. The molecule has 0 saturated carbocycles. The molecule has 4 heteroatoms. The van der Waals surface area contributed by atoms with Crippen molar-refractivity contribution >= 4 is 23.3 Å². The third-order valence-electron chi connectivity index (χ3n) is 3.82. The van der Waals surface area contributed by atoms with Crippen molar-refractivity contribution in [2.45, 2.75) is 22.8 Å². The lowest BCUT2D eigenvalue weighted by atomic mass is 10.2. The number of benzene rings is 1. The Morgan fingerprint density at radius 1 is 1.15 bits per heavy atom. The van der Waals surface area contributed by atoms with Gasteiger partial charge in [0.1, 0.15) is 11.9 Å². The molecule has 20 heavy (non-hydrogen) atoms. The third kappa shape index (κ3) is 2.41. The van der Waals surface area contributed by atoms with Gasteiger partial charge in [0, 0.05) is 11.1 Å². The van der Waals surface area contributed by atoms with Crippen LogP contribution in [0.4, 0.5) is 11.5 Å². The van der Waals surface area contributed by atoms with E-state index in [1.54, 1.807) is 0 Å². The summed E-state index contributed by atoms with van der Waals surface area (Å²) in [4.78, 5) is 11.0. The van der Waals surface area contributed by atoms with Crippen LogP contribution < -0.4 is 9.80 Å². The maximum Gasteiger partial charge on any atom is 0.147 e. The van der Waals surface area contributed by atoms with Crippen LogP contribution in [0.5, 0.6) is 0 Å². The highest BCUT2D eigenvalue weighted by Gasteiger charge is 2.26. The maximum absolute atomic E-state index is 4.61. The first-order chi connectivity index (χ1) is 9.66. The van der Waals surface area contributed by atoms with Crippen molar-refractivity contribution in [2.24, 2.45) is 0 Å². The number of pyridine rings is 1. The van der Waals surface area contributed by atoms with Crippen LogP contribution in [0.3, 0.4) is 0 Å². The van der Waals surface area contributed by atoms with E-state index in [4.69, 9.17) is 0 Å². The van der Waals surface area contributed by atoms with Gasteiger partial charge in [-0.05, 0) is 31.2 Å². The van der Waals surface area contributed by atoms with Crippen LogP contribution in [-0.2, 0) is 0 Å². The first-order valence-corrected chi connectivity index (χ1v) is 7.78. The fourth-order valence-electron chi connectivity index (χ4n) is 2.30. The Balaban J connectivity index is 2.03. The van der Waals surface area contributed by atoms with Gasteiger partial charge in [0.05, 0.1) is 31.2 Å². The second kappa shape index (κ2) is 5.46. The van der Waals surface area contributed by atoms with E-state index < -0.39 is 0 Å². The third-order valence-corrected chi connectivity index (χ3v) is 4.93. The molecular weight excluding hydrogens is 266 g/mol. The molecule has 0 fully saturated rings. The lowest BCUT2D eigenvalue weighted by Gasteiger charge is -2.33. The molecule has 1 N–H and O–H groups in total. The summed E-state index contributed by atoms with van der Waals surface area (Å²) in [7, 11) is 4.41. The van der Waals surface area contributed by atoms with E-state index in [2.05, 4.69) is 61.2 Å². The average Bonchev–Trinajstić information content (AvgIpc) is 2.46. The Morgan fingerprint density at radius 3 is 2.70 bits per heavy atom. The van der Waals surface area contributed by atoms with Gasteiger partial charge < -0.3 is 9.80 Å². The van der Waals surface area contributed by atoms with Crippen molar-refractivity contribution < 1.29 is 4.90 Å². The Bertz CT molecular complexity index is 567. The van der Waals surface area contributed by atoms with Crippen LogP contribution in [0.1, 0.15) is 6.92 Å². The Kier molecular flexibility index (Phi) is 3.68. The predicted octanol–water partition coefficient (Wildman–Crippen LogP) is 2.22. The van der Waals surface area contributed by atoms with E-state index in [9.17, 15) is 0 Å². The minimum atomic E-state index is 0.543. The monoisotopic (exact) mass is 286 g/mol. The molecule has 1 aromatic carbocycles. The minimum absolute atomic E-state index is 0.543. The maximum atomic E-state index is 4.61. The summed E-state index contributed by atoms with van der Waals surface area (Å²) in [6, 6.07) is 13.3. The number of para-hydroxylation sites is 1. The molecular formula is C16H20N3S+. The number of fused-ring (bicyclic) bond motifs is 2. The van der Waals surface area contributed by atoms with Gasteiger partial charge in [-0.25, -0.2) is 4.98 Å². The highest BCUT2D eigenvalue weighted by molar-refractivity contribution is 7.99. The van der Waals surface area contributed by atoms with Crippen molar-refractivity contribution in [2.75, 3.05) is 25.5 Å². The molecule has 1 atom stereocenters. The van der Waals surface area contributed by atoms with Crippen molar-refractivity contribution in [3.8, 4) is 0 Å². The van der Waals surface area contributed by atoms with Gasteiger partial charge in [-0.15, -0.1) is 0 Å². The molecule has 1 aromatic heterocycles. The largest absolute Gasteiger partial charge is 0.336 e. The number of likely N-dealkylation sites (N-methyl/N-ethyl adjacent to an activating group) is 1. The van der Waals surface area contributed by atoms with Gasteiger partial charge in [-0.2, -0.15) is 0 Å². The zero-order valence-corrected chi connectivity index (χ0v) is 12.9. The Morgan fingerprint density at radius 2 is 1.90 bits per heavy atom. The van der Waals surface area contributed by atoms with Crippen LogP contribution in [0.25, 0.3) is 0 Å². The first-order valence-electron chi connectivity index (χ1n) is 6.96. The summed E-state index contributed by atoms with van der Waals surface area (Å²) in [5, 5.41) is 0. The minimum Gasteiger partial charge on any atom is -0.336 e. The highest BCUT2D eigenvalue weighted by atomic mass is 32.2. The molecule has 0 spiro atoms. The van der Waals surface area contributed by atoms with E-state index in [1.165, 1.54) is 20.4 Å². The van der Waals surface area contributed by atoms with Crippen molar-refractivity contribution in [3.63, 3.8) is 0 Å². The van der Waals surface area contributed by atoms with Gasteiger partial charge in [-0.1, -0.05) is 23.9 Å². The topological polar surface area (TPSA) is 20.6 Å². The average molecular weight is 286 g/mol. The summed E-state index contributed by atoms with van der Waals surface area (Å²) >= 11 is 1.81. The molecule has 2 heterocycles. The van der Waals surface area contributed by atoms with Crippen LogP contribution in [0.15, 0.2) is 52.4 Å². The van der Waals surface area contributed by atoms with E-state index in [-0.39, 0.29) is 0 Å². The molecule has 1 aliphatic heterocycles. The van der Waals surface area contributed by atoms with Crippen molar-refractivity contribution in [1.82, 2.24) is 4.98 Å². The number of aromatic nitrogens is 1. The van der Waals surface area contributed by atoms with Crippen molar-refractivity contribution in [1.29, 1.82) is 0 Å². The molecule has 3 rings (SSSR count). The second-order valence-corrected chi connectivity index (χ2v) is 6.57. The van der Waals surface area contributed by atoms with Gasteiger partial charge in [-0.3, -0.25) is 0 Å². The van der Waals surface area contributed by atoms with Crippen LogP contribution >= 0.6 is 11.8 Å². The first kappa shape index (κ1) is 13.5. The second-order valence-electron chi connectivity index (χ2n) is 5.48. The number of anilines is 2. The van der Waals surface area contributed by atoms with E-state index >= 15 is 0 Å². The molecule has 1 aliphatic rings. The molecule has 0 aliphatic carbocycles. The number of rotatable bonds is 3. The van der Waals surface area contributed by atoms with Gasteiger partial charge in [0.25, 0.3) is 0 Å². The van der Waals surface area contributed by atoms with Gasteiger partial charge >= 0.3 is 0 Å². The van der Waals surface area contributed by atoms with Crippen molar-refractivity contribution in [3.05, 3.63) is 42.6 Å². The summed E-state index contributed by atoms with van der Waals surface area (Å²) in [6.07, 6.45) is 1.88. The molecule has 0 bridgehead atoms. The summed E-state index contributed by atoms with van der Waals surface area (Å²) < 4.78 is 0. The summed E-state index contributed by atoms with van der Waals surface area (Å²) in [6.45, 7) is 3.26. The molecule has 0 amide bonds. The molecule has 104 valence electrons. The number of hydrogen-bond donors (Lipinski definition) is 1. The fourth-order valence-corrected chi connectivity index (χ4v) is 3.37. The van der Waals surface area contributed by atoms with Gasteiger partial charge in [0.15, 0.2) is 0 Å². The lowest BCUT2D eigenvalue weighted by Crippen LogP contribution is -3.10. The molecule has 0 radical (unpaired) electrons. The van der Waals surface area contributed by atoms with E-state index in [1.807, 2.05) is 24.0 Å². The zero-order chi connectivity index (χ0) is 14.1. The summed E-state index contributed by atoms with van der Waals surface area (Å²) in [5.41, 5.74) is 1.27. The normalized spacial score (nSPS) is 14.9. The Labute approximate surface area is 124 Å². The molecule has 2 aromatic rings.